The predicted octanol–water partition coefficient (Wildman–Crippen LogP) is 2.62. The molecule has 3 N–H and O–H groups in total. The Balaban J connectivity index is 3.31. The lowest BCUT2D eigenvalue weighted by Gasteiger charge is -2.04. The fourth-order valence-corrected chi connectivity index (χ4v) is 1.88. The summed E-state index contributed by atoms with van der Waals surface area (Å²) in [6.07, 6.45) is 9.19. The first-order valence-electron chi connectivity index (χ1n) is 7.68. The summed E-state index contributed by atoms with van der Waals surface area (Å²) >= 11 is 0. The summed E-state index contributed by atoms with van der Waals surface area (Å²) in [7, 11) is 0. The summed E-state index contributed by atoms with van der Waals surface area (Å²) in [6.45, 7) is 2.18. The maximum atomic E-state index is 9.58. The van der Waals surface area contributed by atoms with Crippen molar-refractivity contribution in [1.29, 1.82) is 0 Å². The third kappa shape index (κ3) is 13.7. The Bertz CT molecular complexity index is 242. The van der Waals surface area contributed by atoms with E-state index in [1.165, 1.54) is 25.7 Å². The van der Waals surface area contributed by atoms with Crippen LogP contribution in [0, 0.1) is 11.8 Å². The minimum Gasteiger partial charge on any atom is -0.396 e. The largest absolute Gasteiger partial charge is 0.396 e. The second kappa shape index (κ2) is 13.9. The zero-order valence-corrected chi connectivity index (χ0v) is 12.3. The molecule has 0 aliphatic heterocycles. The van der Waals surface area contributed by atoms with Gasteiger partial charge in [0.2, 0.25) is 0 Å². The van der Waals surface area contributed by atoms with Crippen LogP contribution in [0.3, 0.4) is 0 Å². The first-order chi connectivity index (χ1) is 9.20. The molecule has 0 rings (SSSR count). The Kier molecular flexibility index (Phi) is 13.5. The normalized spacial score (nSPS) is 13.7. The number of unbranched alkanes of at least 4 members (excludes halogenated alkanes) is 7. The van der Waals surface area contributed by atoms with Crippen LogP contribution in [-0.2, 0) is 0 Å². The maximum absolute atomic E-state index is 9.58. The molecule has 112 valence electrons. The Morgan fingerprint density at radius 3 is 1.74 bits per heavy atom. The van der Waals surface area contributed by atoms with Crippen LogP contribution in [0.2, 0.25) is 0 Å². The summed E-state index contributed by atoms with van der Waals surface area (Å²) in [5.41, 5.74) is 0. The fourth-order valence-electron chi connectivity index (χ4n) is 1.88. The third-order valence-corrected chi connectivity index (χ3v) is 3.19. The van der Waals surface area contributed by atoms with Gasteiger partial charge in [0.1, 0.15) is 12.2 Å². The van der Waals surface area contributed by atoms with Crippen LogP contribution in [0.15, 0.2) is 0 Å². The average molecular weight is 270 g/mol. The monoisotopic (exact) mass is 270 g/mol. The van der Waals surface area contributed by atoms with E-state index in [-0.39, 0.29) is 0 Å². The quantitative estimate of drug-likeness (QED) is 0.399. The van der Waals surface area contributed by atoms with Gasteiger partial charge in [-0.05, 0) is 25.7 Å². The van der Waals surface area contributed by atoms with E-state index in [0.717, 1.165) is 25.7 Å². The van der Waals surface area contributed by atoms with Crippen molar-refractivity contribution in [2.24, 2.45) is 0 Å². The SMILES string of the molecule is CCC(O)C#CC(O)CCCCCCCCCCO. The van der Waals surface area contributed by atoms with Crippen LogP contribution in [0.25, 0.3) is 0 Å². The van der Waals surface area contributed by atoms with E-state index in [1.807, 2.05) is 6.92 Å². The number of hydrogen-bond acceptors (Lipinski definition) is 3. The van der Waals surface area contributed by atoms with E-state index in [0.29, 0.717) is 19.4 Å². The molecule has 0 aromatic rings. The Labute approximate surface area is 118 Å². The van der Waals surface area contributed by atoms with Gasteiger partial charge in [-0.1, -0.05) is 57.3 Å². The minimum atomic E-state index is -0.603. The molecular weight excluding hydrogens is 240 g/mol. The molecule has 2 unspecified atom stereocenters. The molecule has 0 aliphatic rings. The highest BCUT2D eigenvalue weighted by atomic mass is 16.3. The molecule has 0 spiro atoms. The second-order valence-electron chi connectivity index (χ2n) is 5.07. The molecule has 0 aliphatic carbocycles. The van der Waals surface area contributed by atoms with Crippen LogP contribution >= 0.6 is 0 Å². The van der Waals surface area contributed by atoms with Crippen LogP contribution in [0.5, 0.6) is 0 Å². The molecule has 3 heteroatoms. The lowest BCUT2D eigenvalue weighted by atomic mass is 10.1. The van der Waals surface area contributed by atoms with Crippen molar-refractivity contribution in [3.63, 3.8) is 0 Å². The van der Waals surface area contributed by atoms with Crippen LogP contribution in [0.4, 0.5) is 0 Å². The summed E-state index contributed by atoms with van der Waals surface area (Å²) in [5, 5.41) is 27.5. The van der Waals surface area contributed by atoms with Gasteiger partial charge in [0.25, 0.3) is 0 Å². The molecule has 0 radical (unpaired) electrons. The molecule has 0 fully saturated rings. The van der Waals surface area contributed by atoms with E-state index >= 15 is 0 Å². The van der Waals surface area contributed by atoms with Crippen molar-refractivity contribution >= 4 is 0 Å². The highest BCUT2D eigenvalue weighted by Gasteiger charge is 2.00. The van der Waals surface area contributed by atoms with Gasteiger partial charge >= 0.3 is 0 Å². The average Bonchev–Trinajstić information content (AvgIpc) is 2.42. The number of aliphatic hydroxyl groups is 3. The minimum absolute atomic E-state index is 0.311. The topological polar surface area (TPSA) is 60.7 Å². The van der Waals surface area contributed by atoms with Crippen molar-refractivity contribution in [3.8, 4) is 11.8 Å². The van der Waals surface area contributed by atoms with Crippen LogP contribution in [-0.4, -0.2) is 34.1 Å². The standard InChI is InChI=1S/C16H30O3/c1-2-15(18)12-13-16(19)11-9-7-5-3-4-6-8-10-14-17/h15-19H,2-11,14H2,1H3. The van der Waals surface area contributed by atoms with Gasteiger partial charge in [0, 0.05) is 6.61 Å². The van der Waals surface area contributed by atoms with E-state index in [1.54, 1.807) is 0 Å². The highest BCUT2D eigenvalue weighted by molar-refractivity contribution is 5.08. The van der Waals surface area contributed by atoms with Crippen molar-refractivity contribution in [2.45, 2.75) is 83.3 Å². The highest BCUT2D eigenvalue weighted by Crippen LogP contribution is 2.10. The summed E-state index contributed by atoms with van der Waals surface area (Å²) in [5.74, 6) is 5.34. The van der Waals surface area contributed by atoms with Gasteiger partial charge in [-0.2, -0.15) is 0 Å². The molecule has 0 saturated heterocycles. The molecule has 0 aromatic carbocycles. The van der Waals surface area contributed by atoms with Gasteiger partial charge in [0.05, 0.1) is 0 Å². The lowest BCUT2D eigenvalue weighted by molar-refractivity contribution is 0.211. The Hall–Kier alpha value is -0.560. The summed E-state index contributed by atoms with van der Waals surface area (Å²) in [4.78, 5) is 0. The Morgan fingerprint density at radius 2 is 1.21 bits per heavy atom. The molecule has 19 heavy (non-hydrogen) atoms. The fraction of sp³-hybridized carbons (Fsp3) is 0.875. The molecular formula is C16H30O3. The third-order valence-electron chi connectivity index (χ3n) is 3.19. The summed E-state index contributed by atoms with van der Waals surface area (Å²) in [6, 6.07) is 0. The zero-order valence-electron chi connectivity index (χ0n) is 12.3. The second-order valence-corrected chi connectivity index (χ2v) is 5.07. The van der Waals surface area contributed by atoms with Crippen molar-refractivity contribution in [2.75, 3.05) is 6.61 Å². The first-order valence-corrected chi connectivity index (χ1v) is 7.68. The van der Waals surface area contributed by atoms with Gasteiger partial charge in [0.15, 0.2) is 0 Å². The zero-order chi connectivity index (χ0) is 14.3. The Morgan fingerprint density at radius 1 is 0.737 bits per heavy atom. The van der Waals surface area contributed by atoms with Gasteiger partial charge in [-0.25, -0.2) is 0 Å². The molecule has 0 saturated carbocycles. The number of aliphatic hydroxyl groups excluding tert-OH is 3. The van der Waals surface area contributed by atoms with Crippen molar-refractivity contribution in [1.82, 2.24) is 0 Å². The predicted molar refractivity (Wildman–Crippen MR) is 78.7 cm³/mol. The maximum Gasteiger partial charge on any atom is 0.114 e. The molecule has 0 bridgehead atoms. The molecule has 0 aromatic heterocycles. The smallest absolute Gasteiger partial charge is 0.114 e. The van der Waals surface area contributed by atoms with Gasteiger partial charge < -0.3 is 15.3 Å². The number of rotatable bonds is 11. The molecule has 2 atom stereocenters. The van der Waals surface area contributed by atoms with Crippen LogP contribution < -0.4 is 0 Å². The summed E-state index contributed by atoms with van der Waals surface area (Å²) < 4.78 is 0. The van der Waals surface area contributed by atoms with Gasteiger partial charge in [-0.3, -0.25) is 0 Å². The van der Waals surface area contributed by atoms with Crippen molar-refractivity contribution < 1.29 is 15.3 Å². The van der Waals surface area contributed by atoms with E-state index in [4.69, 9.17) is 5.11 Å². The molecule has 3 nitrogen and oxygen atoms in total. The first kappa shape index (κ1) is 18.4. The molecule has 0 heterocycles. The van der Waals surface area contributed by atoms with E-state index < -0.39 is 12.2 Å². The number of hydrogen-bond donors (Lipinski definition) is 3. The van der Waals surface area contributed by atoms with Crippen LogP contribution in [0.1, 0.15) is 71.1 Å². The van der Waals surface area contributed by atoms with Gasteiger partial charge in [-0.15, -0.1) is 0 Å². The van der Waals surface area contributed by atoms with E-state index in [2.05, 4.69) is 11.8 Å². The molecule has 0 amide bonds. The van der Waals surface area contributed by atoms with Crippen molar-refractivity contribution in [3.05, 3.63) is 0 Å². The van der Waals surface area contributed by atoms with E-state index in [9.17, 15) is 10.2 Å². The lowest BCUT2D eigenvalue weighted by Crippen LogP contribution is -2.06.